The third-order valence-electron chi connectivity index (χ3n) is 4.90. The van der Waals surface area contributed by atoms with Gasteiger partial charge in [-0.25, -0.2) is 9.78 Å². The fourth-order valence-electron chi connectivity index (χ4n) is 3.18. The standard InChI is InChI=1S/C21H26N6O/c1-25-8-10-27(11-9-25)20-13-18(6-7-23-20)15-24-21(28)26(2)16-19-5-3-4-17(12-19)14-22/h3-7,12-13H,8-11,15-16H2,1-2H3,(H,24,28). The summed E-state index contributed by atoms with van der Waals surface area (Å²) in [7, 11) is 3.88. The minimum atomic E-state index is -0.152. The fraction of sp³-hybridized carbons (Fsp3) is 0.381. The van der Waals surface area contributed by atoms with Crippen LogP contribution in [0.3, 0.4) is 0 Å². The van der Waals surface area contributed by atoms with Crippen LogP contribution in [0.2, 0.25) is 0 Å². The van der Waals surface area contributed by atoms with Crippen molar-refractivity contribution in [2.75, 3.05) is 45.2 Å². The second-order valence-corrected chi connectivity index (χ2v) is 7.14. The Kier molecular flexibility index (Phi) is 6.45. The minimum absolute atomic E-state index is 0.152. The zero-order valence-corrected chi connectivity index (χ0v) is 16.4. The molecule has 1 aromatic heterocycles. The number of aromatic nitrogens is 1. The summed E-state index contributed by atoms with van der Waals surface area (Å²) in [6, 6.07) is 13.2. The van der Waals surface area contributed by atoms with Crippen LogP contribution in [0.1, 0.15) is 16.7 Å². The smallest absolute Gasteiger partial charge is 0.317 e. The molecule has 1 aliphatic rings. The van der Waals surface area contributed by atoms with Crippen molar-refractivity contribution in [3.8, 4) is 6.07 Å². The Morgan fingerprint density at radius 2 is 2.00 bits per heavy atom. The number of benzene rings is 1. The highest BCUT2D eigenvalue weighted by Crippen LogP contribution is 2.15. The van der Waals surface area contributed by atoms with Gasteiger partial charge in [0.2, 0.25) is 0 Å². The number of carbonyl (C=O) groups excluding carboxylic acids is 1. The number of urea groups is 1. The Bertz CT molecular complexity index is 854. The van der Waals surface area contributed by atoms with Gasteiger partial charge in [-0.2, -0.15) is 5.26 Å². The van der Waals surface area contributed by atoms with Crippen molar-refractivity contribution in [1.82, 2.24) is 20.1 Å². The van der Waals surface area contributed by atoms with Crippen molar-refractivity contribution in [3.63, 3.8) is 0 Å². The second kappa shape index (κ2) is 9.20. The van der Waals surface area contributed by atoms with E-state index < -0.39 is 0 Å². The second-order valence-electron chi connectivity index (χ2n) is 7.14. The number of nitrogens with zero attached hydrogens (tertiary/aromatic N) is 5. The van der Waals surface area contributed by atoms with E-state index >= 15 is 0 Å². The van der Waals surface area contributed by atoms with Gasteiger partial charge in [0.25, 0.3) is 0 Å². The number of pyridine rings is 1. The highest BCUT2D eigenvalue weighted by atomic mass is 16.2. The van der Waals surface area contributed by atoms with E-state index in [1.807, 2.05) is 24.3 Å². The number of likely N-dealkylation sites (N-methyl/N-ethyl adjacent to an activating group) is 1. The minimum Gasteiger partial charge on any atom is -0.354 e. The van der Waals surface area contributed by atoms with Gasteiger partial charge in [-0.15, -0.1) is 0 Å². The Balaban J connectivity index is 1.54. The average molecular weight is 378 g/mol. The lowest BCUT2D eigenvalue weighted by Crippen LogP contribution is -2.44. The number of anilines is 1. The van der Waals surface area contributed by atoms with Crippen molar-refractivity contribution in [2.24, 2.45) is 0 Å². The third kappa shape index (κ3) is 5.21. The predicted octanol–water partition coefficient (Wildman–Crippen LogP) is 2.05. The summed E-state index contributed by atoms with van der Waals surface area (Å²) < 4.78 is 0. The Morgan fingerprint density at radius 3 is 2.75 bits per heavy atom. The molecule has 2 heterocycles. The van der Waals surface area contributed by atoms with Crippen molar-refractivity contribution in [1.29, 1.82) is 5.26 Å². The van der Waals surface area contributed by atoms with Crippen LogP contribution in [-0.2, 0) is 13.1 Å². The van der Waals surface area contributed by atoms with Crippen LogP contribution in [0.5, 0.6) is 0 Å². The number of hydrogen-bond donors (Lipinski definition) is 1. The molecule has 2 amide bonds. The van der Waals surface area contributed by atoms with Crippen molar-refractivity contribution in [2.45, 2.75) is 13.1 Å². The van der Waals surface area contributed by atoms with Crippen LogP contribution in [0, 0.1) is 11.3 Å². The molecule has 7 nitrogen and oxygen atoms in total. The summed E-state index contributed by atoms with van der Waals surface area (Å²) in [5.74, 6) is 0.960. The predicted molar refractivity (Wildman–Crippen MR) is 109 cm³/mol. The average Bonchev–Trinajstić information content (AvgIpc) is 2.73. The van der Waals surface area contributed by atoms with Crippen LogP contribution in [-0.4, -0.2) is 61.1 Å². The number of nitriles is 1. The molecule has 0 spiro atoms. The highest BCUT2D eigenvalue weighted by molar-refractivity contribution is 5.73. The van der Waals surface area contributed by atoms with Gasteiger partial charge in [-0.05, 0) is 42.4 Å². The third-order valence-corrected chi connectivity index (χ3v) is 4.90. The van der Waals surface area contributed by atoms with Crippen LogP contribution in [0.4, 0.5) is 10.6 Å². The maximum absolute atomic E-state index is 12.4. The number of amides is 2. The van der Waals surface area contributed by atoms with E-state index in [0.717, 1.165) is 43.1 Å². The lowest BCUT2D eigenvalue weighted by molar-refractivity contribution is 0.206. The summed E-state index contributed by atoms with van der Waals surface area (Å²) in [4.78, 5) is 23.1. The lowest BCUT2D eigenvalue weighted by Gasteiger charge is -2.33. The molecule has 0 aliphatic carbocycles. The Labute approximate surface area is 166 Å². The summed E-state index contributed by atoms with van der Waals surface area (Å²) in [5, 5.41) is 11.9. The molecule has 1 aromatic carbocycles. The van der Waals surface area contributed by atoms with E-state index in [2.05, 4.69) is 33.2 Å². The molecular weight excluding hydrogens is 352 g/mol. The van der Waals surface area contributed by atoms with Crippen molar-refractivity contribution < 1.29 is 4.79 Å². The molecule has 28 heavy (non-hydrogen) atoms. The van der Waals surface area contributed by atoms with Gasteiger partial charge in [0.1, 0.15) is 5.82 Å². The maximum Gasteiger partial charge on any atom is 0.317 e. The monoisotopic (exact) mass is 378 g/mol. The summed E-state index contributed by atoms with van der Waals surface area (Å²) in [6.45, 7) is 4.88. The van der Waals surface area contributed by atoms with Crippen LogP contribution in [0.25, 0.3) is 0 Å². The number of carbonyl (C=O) groups is 1. The highest BCUT2D eigenvalue weighted by Gasteiger charge is 2.16. The van der Waals surface area contributed by atoms with Gasteiger partial charge in [-0.1, -0.05) is 12.1 Å². The molecule has 0 radical (unpaired) electrons. The molecule has 1 saturated heterocycles. The molecule has 1 aliphatic heterocycles. The quantitative estimate of drug-likeness (QED) is 0.862. The fourth-order valence-corrected chi connectivity index (χ4v) is 3.18. The zero-order chi connectivity index (χ0) is 19.9. The molecule has 146 valence electrons. The molecule has 0 saturated carbocycles. The molecular formula is C21H26N6O. The lowest BCUT2D eigenvalue weighted by atomic mass is 10.1. The van der Waals surface area contributed by atoms with Gasteiger partial charge in [0, 0.05) is 52.5 Å². The molecule has 7 heteroatoms. The topological polar surface area (TPSA) is 75.5 Å². The van der Waals surface area contributed by atoms with Gasteiger partial charge in [0.15, 0.2) is 0 Å². The van der Waals surface area contributed by atoms with E-state index in [4.69, 9.17) is 5.26 Å². The summed E-state index contributed by atoms with van der Waals surface area (Å²) >= 11 is 0. The maximum atomic E-state index is 12.4. The normalized spacial score (nSPS) is 14.4. The van der Waals surface area contributed by atoms with Gasteiger partial charge in [-0.3, -0.25) is 0 Å². The SMILES string of the molecule is CN1CCN(c2cc(CNC(=O)N(C)Cc3cccc(C#N)c3)ccn2)CC1. The molecule has 0 bridgehead atoms. The van der Waals surface area contributed by atoms with Gasteiger partial charge in [0.05, 0.1) is 11.6 Å². The summed E-state index contributed by atoms with van der Waals surface area (Å²) in [5.41, 5.74) is 2.55. The number of hydrogen-bond acceptors (Lipinski definition) is 5. The molecule has 0 unspecified atom stereocenters. The van der Waals surface area contributed by atoms with Crippen LogP contribution >= 0.6 is 0 Å². The molecule has 1 fully saturated rings. The van der Waals surface area contributed by atoms with E-state index in [-0.39, 0.29) is 6.03 Å². The molecule has 1 N–H and O–H groups in total. The molecule has 2 aromatic rings. The van der Waals surface area contributed by atoms with Gasteiger partial charge < -0.3 is 20.0 Å². The van der Waals surface area contributed by atoms with E-state index in [1.54, 1.807) is 30.3 Å². The summed E-state index contributed by atoms with van der Waals surface area (Å²) in [6.07, 6.45) is 1.80. The largest absolute Gasteiger partial charge is 0.354 e. The molecule has 3 rings (SSSR count). The Hall–Kier alpha value is -3.11. The molecule has 0 atom stereocenters. The van der Waals surface area contributed by atoms with Crippen LogP contribution in [0.15, 0.2) is 42.6 Å². The van der Waals surface area contributed by atoms with Crippen molar-refractivity contribution >= 4 is 11.8 Å². The number of piperazine rings is 1. The first-order chi connectivity index (χ1) is 13.5. The first kappa shape index (κ1) is 19.6. The zero-order valence-electron chi connectivity index (χ0n) is 16.4. The van der Waals surface area contributed by atoms with Crippen molar-refractivity contribution in [3.05, 3.63) is 59.3 Å². The first-order valence-electron chi connectivity index (χ1n) is 9.41. The first-order valence-corrected chi connectivity index (χ1v) is 9.41. The Morgan fingerprint density at radius 1 is 1.21 bits per heavy atom. The number of nitrogens with one attached hydrogen (secondary N) is 1. The number of rotatable bonds is 5. The van der Waals surface area contributed by atoms with E-state index in [0.29, 0.717) is 18.7 Å². The van der Waals surface area contributed by atoms with E-state index in [9.17, 15) is 4.79 Å². The van der Waals surface area contributed by atoms with Gasteiger partial charge >= 0.3 is 6.03 Å². The van der Waals surface area contributed by atoms with Crippen LogP contribution < -0.4 is 10.2 Å². The van der Waals surface area contributed by atoms with E-state index in [1.165, 1.54) is 0 Å².